The number of carbonyl (C=O) groups is 4. The molecule has 11 nitrogen and oxygen atoms in total. The molecule has 3 N–H and O–H groups in total. The summed E-state index contributed by atoms with van der Waals surface area (Å²) in [5.41, 5.74) is 1.59. The molecule has 0 radical (unpaired) electrons. The Morgan fingerprint density at radius 2 is 1.57 bits per heavy atom. The molecule has 13 heteroatoms. The summed E-state index contributed by atoms with van der Waals surface area (Å²) < 4.78 is 0. The van der Waals surface area contributed by atoms with E-state index in [0.717, 1.165) is 24.9 Å². The predicted octanol–water partition coefficient (Wildman–Crippen LogP) is 4.35. The molecule has 2 aromatic heterocycles. The Labute approximate surface area is 284 Å². The molecule has 3 atom stereocenters. The van der Waals surface area contributed by atoms with Gasteiger partial charge in [0.15, 0.2) is 0 Å². The van der Waals surface area contributed by atoms with Crippen LogP contribution in [0.3, 0.4) is 0 Å². The highest BCUT2D eigenvalue weighted by atomic mass is 32.1. The van der Waals surface area contributed by atoms with E-state index in [9.17, 15) is 19.2 Å². The zero-order valence-electron chi connectivity index (χ0n) is 27.4. The molecule has 3 aromatic rings. The first-order valence-electron chi connectivity index (χ1n) is 16.5. The number of fused-ring (bicyclic) bond motifs is 4. The fraction of sp³-hybridized carbons (Fsp3) is 0.529. The van der Waals surface area contributed by atoms with Gasteiger partial charge in [-0.15, -0.1) is 22.7 Å². The number of nitrogens with one attached hydrogen (secondary N) is 3. The van der Waals surface area contributed by atoms with Crippen LogP contribution in [-0.2, 0) is 16.0 Å². The second kappa shape index (κ2) is 16.4. The molecule has 4 bridgehead atoms. The van der Waals surface area contributed by atoms with Crippen molar-refractivity contribution < 1.29 is 19.2 Å². The summed E-state index contributed by atoms with van der Waals surface area (Å²) >= 11 is 2.69. The Morgan fingerprint density at radius 3 is 2.26 bits per heavy atom. The summed E-state index contributed by atoms with van der Waals surface area (Å²) in [5, 5.41) is 13.9. The number of thiazole rings is 2. The van der Waals surface area contributed by atoms with Crippen molar-refractivity contribution in [1.82, 2.24) is 35.7 Å². The van der Waals surface area contributed by atoms with Crippen LogP contribution in [0.4, 0.5) is 0 Å². The van der Waals surface area contributed by atoms with Crippen molar-refractivity contribution >= 4 is 46.3 Å². The summed E-state index contributed by atoms with van der Waals surface area (Å²) in [4.78, 5) is 66.6. The highest BCUT2D eigenvalue weighted by Crippen LogP contribution is 2.27. The van der Waals surface area contributed by atoms with Crippen molar-refractivity contribution in [2.45, 2.75) is 76.9 Å². The van der Waals surface area contributed by atoms with E-state index in [-0.39, 0.29) is 53.7 Å². The Bertz CT molecular complexity index is 1530. The minimum absolute atomic E-state index is 0.0777. The van der Waals surface area contributed by atoms with Gasteiger partial charge in [0.1, 0.15) is 21.4 Å². The maximum Gasteiger partial charge on any atom is 0.271 e. The van der Waals surface area contributed by atoms with Crippen molar-refractivity contribution in [3.8, 4) is 0 Å². The van der Waals surface area contributed by atoms with E-state index >= 15 is 0 Å². The second-order valence-corrected chi connectivity index (χ2v) is 14.6. The van der Waals surface area contributed by atoms with Gasteiger partial charge in [-0.2, -0.15) is 0 Å². The van der Waals surface area contributed by atoms with Crippen LogP contribution in [0.2, 0.25) is 0 Å². The molecule has 0 unspecified atom stereocenters. The first kappa shape index (κ1) is 34.6. The standard InChI is InChI=1S/C34H45N7O4S2/c1-22(2)18-24-32-39-27(21-47-32)31(44)37-25(19-23-10-5-4-6-11-23)33-38-26(20-46-33)30(43)35-14-9-17-41(16-8-13-29(42)36-24)34(45)28-12-7-15-40(28)3/h4-6,10-11,20-22,24-25,28H,7-9,12-19H2,1-3H3,(H,35,43)(H,36,42)(H,37,44)/t24-,25-,28+/m0/s1. The monoisotopic (exact) mass is 679 g/mol. The van der Waals surface area contributed by atoms with Gasteiger partial charge in [-0.1, -0.05) is 44.2 Å². The summed E-state index contributed by atoms with van der Waals surface area (Å²) in [7, 11) is 1.98. The van der Waals surface area contributed by atoms with E-state index < -0.39 is 6.04 Å². The third kappa shape index (κ3) is 9.45. The van der Waals surface area contributed by atoms with E-state index in [1.165, 1.54) is 22.7 Å². The van der Waals surface area contributed by atoms with Crippen LogP contribution in [0.1, 0.15) is 101 Å². The van der Waals surface area contributed by atoms with Crippen LogP contribution in [0.15, 0.2) is 41.1 Å². The van der Waals surface area contributed by atoms with Gasteiger partial charge < -0.3 is 20.9 Å². The minimum atomic E-state index is -0.477. The van der Waals surface area contributed by atoms with E-state index in [0.29, 0.717) is 61.0 Å². The molecule has 0 saturated carbocycles. The lowest BCUT2D eigenvalue weighted by Crippen LogP contribution is -2.45. The topological polar surface area (TPSA) is 137 Å². The highest BCUT2D eigenvalue weighted by molar-refractivity contribution is 7.10. The normalized spacial score (nSPS) is 22.3. The number of amides is 4. The van der Waals surface area contributed by atoms with E-state index in [2.05, 4.69) is 44.7 Å². The number of nitrogens with zero attached hydrogens (tertiary/aromatic N) is 4. The number of aromatic nitrogens is 2. The first-order valence-corrected chi connectivity index (χ1v) is 18.3. The quantitative estimate of drug-likeness (QED) is 0.365. The number of benzene rings is 1. The van der Waals surface area contributed by atoms with Crippen molar-refractivity contribution in [3.05, 3.63) is 68.1 Å². The Hall–Kier alpha value is -3.68. The molecule has 0 spiro atoms. The molecule has 0 aliphatic carbocycles. The predicted molar refractivity (Wildman–Crippen MR) is 183 cm³/mol. The maximum absolute atomic E-state index is 13.5. The van der Waals surface area contributed by atoms with Gasteiger partial charge in [-0.25, -0.2) is 9.97 Å². The largest absolute Gasteiger partial charge is 0.351 e. The molecule has 4 amide bonds. The number of likely N-dealkylation sites (N-methyl/N-ethyl adjacent to an activating group) is 1. The fourth-order valence-electron chi connectivity index (χ4n) is 6.10. The molecule has 252 valence electrons. The number of hydrogen-bond acceptors (Lipinski definition) is 9. The minimum Gasteiger partial charge on any atom is -0.351 e. The van der Waals surface area contributed by atoms with E-state index in [1.54, 1.807) is 10.8 Å². The summed E-state index contributed by atoms with van der Waals surface area (Å²) in [6.45, 7) is 6.39. The Morgan fingerprint density at radius 1 is 0.894 bits per heavy atom. The lowest BCUT2D eigenvalue weighted by atomic mass is 10.0. The molecule has 5 rings (SSSR count). The second-order valence-electron chi connectivity index (χ2n) is 12.8. The van der Waals surface area contributed by atoms with E-state index in [4.69, 9.17) is 0 Å². The zero-order chi connectivity index (χ0) is 33.3. The van der Waals surface area contributed by atoms with Crippen LogP contribution in [0, 0.1) is 5.92 Å². The van der Waals surface area contributed by atoms with Gasteiger partial charge in [0.2, 0.25) is 11.8 Å². The third-order valence-electron chi connectivity index (χ3n) is 8.58. The average molecular weight is 680 g/mol. The van der Waals surface area contributed by atoms with Crippen molar-refractivity contribution in [3.63, 3.8) is 0 Å². The lowest BCUT2D eigenvalue weighted by molar-refractivity contribution is -0.136. The first-order chi connectivity index (χ1) is 22.7. The van der Waals surface area contributed by atoms with Crippen LogP contribution in [0.5, 0.6) is 0 Å². The van der Waals surface area contributed by atoms with Gasteiger partial charge in [0, 0.05) is 36.8 Å². The summed E-state index contributed by atoms with van der Waals surface area (Å²) in [6.07, 6.45) is 4.34. The summed E-state index contributed by atoms with van der Waals surface area (Å²) in [6, 6.07) is 8.86. The number of carbonyl (C=O) groups excluding carboxylic acids is 4. The van der Waals surface area contributed by atoms with Crippen LogP contribution >= 0.6 is 22.7 Å². The van der Waals surface area contributed by atoms with Gasteiger partial charge in [-0.05, 0) is 63.6 Å². The number of rotatable bonds is 5. The maximum atomic E-state index is 13.5. The highest BCUT2D eigenvalue weighted by Gasteiger charge is 2.31. The molecule has 2 aliphatic heterocycles. The Kier molecular flexibility index (Phi) is 12.1. The number of hydrogen-bond donors (Lipinski definition) is 3. The fourth-order valence-corrected chi connectivity index (χ4v) is 7.82. The molecule has 4 heterocycles. The van der Waals surface area contributed by atoms with E-state index in [1.807, 2.05) is 42.3 Å². The van der Waals surface area contributed by atoms with Gasteiger partial charge in [0.05, 0.1) is 18.1 Å². The van der Waals surface area contributed by atoms with Gasteiger partial charge in [0.25, 0.3) is 11.8 Å². The lowest BCUT2D eigenvalue weighted by Gasteiger charge is -2.29. The van der Waals surface area contributed by atoms with Crippen molar-refractivity contribution in [2.75, 3.05) is 33.2 Å². The van der Waals surface area contributed by atoms with Gasteiger partial charge in [-0.3, -0.25) is 24.1 Å². The van der Waals surface area contributed by atoms with Gasteiger partial charge >= 0.3 is 0 Å². The zero-order valence-corrected chi connectivity index (χ0v) is 29.0. The SMILES string of the molecule is CC(C)C[C@@H]1NC(=O)CCCN(C(=O)[C@H]2CCCN2C)CCCNC(=O)c2csc(n2)[C@H](Cc2ccccc2)NC(=O)c2csc1n2. The smallest absolute Gasteiger partial charge is 0.271 e. The third-order valence-corrected chi connectivity index (χ3v) is 10.5. The van der Waals surface area contributed by atoms with Crippen molar-refractivity contribution in [1.29, 1.82) is 0 Å². The van der Waals surface area contributed by atoms with Crippen LogP contribution in [-0.4, -0.2) is 82.7 Å². The van der Waals surface area contributed by atoms with Crippen molar-refractivity contribution in [2.24, 2.45) is 5.92 Å². The number of likely N-dealkylation sites (tertiary alicyclic amines) is 1. The summed E-state index contributed by atoms with van der Waals surface area (Å²) in [5.74, 6) is -0.379. The van der Waals surface area contributed by atoms with Crippen LogP contribution in [0.25, 0.3) is 0 Å². The molecule has 2 aliphatic rings. The molecular formula is C34H45N7O4S2. The molecule has 47 heavy (non-hydrogen) atoms. The van der Waals surface area contributed by atoms with Crippen LogP contribution < -0.4 is 16.0 Å². The average Bonchev–Trinajstić information content (AvgIpc) is 3.82. The molecule has 1 saturated heterocycles. The molecule has 1 aromatic carbocycles. The molecular weight excluding hydrogens is 635 g/mol. The molecule has 1 fully saturated rings. The Balaban J connectivity index is 1.40.